The van der Waals surface area contributed by atoms with Gasteiger partial charge in [-0.05, 0) is 63.4 Å². The molecule has 1 N–H and O–H groups in total. The maximum Gasteiger partial charge on any atom is 0.170 e. The second-order valence-electron chi connectivity index (χ2n) is 5.74. The number of ether oxygens (including phenoxy) is 1. The number of carbonyl (C=O) groups excluding carboxylic acids is 1. The fraction of sp³-hybridized carbons (Fsp3) is 0.588. The molecule has 0 atom stereocenters. The molecule has 1 aliphatic rings. The van der Waals surface area contributed by atoms with Crippen LogP contribution in [0.1, 0.15) is 47.7 Å². The first-order chi connectivity index (χ1) is 10.1. The molecule has 21 heavy (non-hydrogen) atoms. The molecule has 0 bridgehead atoms. The average molecular weight is 310 g/mol. The van der Waals surface area contributed by atoms with E-state index in [4.69, 9.17) is 16.3 Å². The van der Waals surface area contributed by atoms with E-state index < -0.39 is 0 Å². The Morgan fingerprint density at radius 2 is 2.05 bits per heavy atom. The molecule has 1 heterocycles. The largest absolute Gasteiger partial charge is 0.493 e. The lowest BCUT2D eigenvalue weighted by Gasteiger charge is -2.24. The Hall–Kier alpha value is -1.06. The highest BCUT2D eigenvalue weighted by molar-refractivity contribution is 6.32. The van der Waals surface area contributed by atoms with Gasteiger partial charge < -0.3 is 10.1 Å². The summed E-state index contributed by atoms with van der Waals surface area (Å²) in [7, 11) is 0. The molecule has 0 amide bonds. The highest BCUT2D eigenvalue weighted by Crippen LogP contribution is 2.35. The Balaban J connectivity index is 2.41. The molecule has 116 valence electrons. The molecule has 1 aromatic rings. The van der Waals surface area contributed by atoms with Crippen molar-refractivity contribution in [2.45, 2.75) is 40.0 Å². The zero-order valence-electron chi connectivity index (χ0n) is 13.1. The normalized spacial score (nSPS) is 16.0. The van der Waals surface area contributed by atoms with E-state index in [1.807, 2.05) is 19.9 Å². The summed E-state index contributed by atoms with van der Waals surface area (Å²) in [6.45, 7) is 8.35. The third kappa shape index (κ3) is 3.58. The van der Waals surface area contributed by atoms with Gasteiger partial charge in [0.2, 0.25) is 0 Å². The molecule has 1 fully saturated rings. The van der Waals surface area contributed by atoms with Crippen LogP contribution in [0.2, 0.25) is 5.02 Å². The van der Waals surface area contributed by atoms with Crippen molar-refractivity contribution in [2.75, 3.05) is 19.7 Å². The Kier molecular flexibility index (Phi) is 5.65. The second kappa shape index (κ2) is 7.28. The van der Waals surface area contributed by atoms with Gasteiger partial charge in [0.25, 0.3) is 0 Å². The lowest BCUT2D eigenvalue weighted by Crippen LogP contribution is -2.32. The molecule has 0 spiro atoms. The van der Waals surface area contributed by atoms with Gasteiger partial charge in [-0.1, -0.05) is 18.5 Å². The first-order valence-electron chi connectivity index (χ1n) is 7.73. The maximum atomic E-state index is 12.9. The number of hydrogen-bond donors (Lipinski definition) is 1. The predicted molar refractivity (Wildman–Crippen MR) is 86.6 cm³/mol. The molecule has 1 saturated heterocycles. The summed E-state index contributed by atoms with van der Waals surface area (Å²) in [6.07, 6.45) is 2.69. The Morgan fingerprint density at radius 3 is 2.67 bits per heavy atom. The predicted octanol–water partition coefficient (Wildman–Crippen LogP) is 3.93. The summed E-state index contributed by atoms with van der Waals surface area (Å²) >= 11 is 6.29. The number of nitrogens with one attached hydrogen (secondary N) is 1. The minimum absolute atomic E-state index is 0.0757. The van der Waals surface area contributed by atoms with E-state index in [2.05, 4.69) is 12.2 Å². The smallest absolute Gasteiger partial charge is 0.170 e. The molecule has 0 unspecified atom stereocenters. The SMILES string of the molecule is CCCOc1c(C)cc(Cl)c(C)c1C(=O)C1CCNCC1. The van der Waals surface area contributed by atoms with Crippen molar-refractivity contribution in [1.29, 1.82) is 0 Å². The number of halogens is 1. The number of piperidine rings is 1. The number of benzene rings is 1. The van der Waals surface area contributed by atoms with Crippen LogP contribution in [0, 0.1) is 19.8 Å². The number of rotatable bonds is 5. The van der Waals surface area contributed by atoms with E-state index in [0.29, 0.717) is 17.2 Å². The molecule has 1 aliphatic heterocycles. The molecule has 4 heteroatoms. The highest BCUT2D eigenvalue weighted by atomic mass is 35.5. The third-order valence-corrected chi connectivity index (χ3v) is 4.46. The molecular weight excluding hydrogens is 286 g/mol. The standard InChI is InChI=1S/C17H24ClNO2/c1-4-9-21-17-11(2)10-14(18)12(3)15(17)16(20)13-5-7-19-8-6-13/h10,13,19H,4-9H2,1-3H3. The van der Waals surface area contributed by atoms with E-state index in [1.165, 1.54) is 0 Å². The van der Waals surface area contributed by atoms with Crippen molar-refractivity contribution in [1.82, 2.24) is 5.32 Å². The van der Waals surface area contributed by atoms with Crippen LogP contribution >= 0.6 is 11.6 Å². The summed E-state index contributed by atoms with van der Waals surface area (Å²) in [5.41, 5.74) is 2.48. The molecule has 0 aliphatic carbocycles. The summed E-state index contributed by atoms with van der Waals surface area (Å²) < 4.78 is 5.87. The fourth-order valence-corrected chi connectivity index (χ4v) is 3.08. The van der Waals surface area contributed by atoms with Gasteiger partial charge in [-0.15, -0.1) is 0 Å². The van der Waals surface area contributed by atoms with E-state index in [-0.39, 0.29) is 11.7 Å². The maximum absolute atomic E-state index is 12.9. The zero-order valence-corrected chi connectivity index (χ0v) is 13.8. The van der Waals surface area contributed by atoms with Crippen LogP contribution in [0.25, 0.3) is 0 Å². The van der Waals surface area contributed by atoms with Crippen LogP contribution in [0.15, 0.2) is 6.07 Å². The van der Waals surface area contributed by atoms with Gasteiger partial charge in [-0.2, -0.15) is 0 Å². The minimum Gasteiger partial charge on any atom is -0.493 e. The minimum atomic E-state index is 0.0757. The van der Waals surface area contributed by atoms with Crippen molar-refractivity contribution in [3.05, 3.63) is 27.8 Å². The van der Waals surface area contributed by atoms with Gasteiger partial charge in [0, 0.05) is 10.9 Å². The van der Waals surface area contributed by atoms with Crippen molar-refractivity contribution in [2.24, 2.45) is 5.92 Å². The van der Waals surface area contributed by atoms with Crippen LogP contribution in [-0.2, 0) is 0 Å². The number of hydrogen-bond acceptors (Lipinski definition) is 3. The van der Waals surface area contributed by atoms with Crippen molar-refractivity contribution in [3.8, 4) is 5.75 Å². The van der Waals surface area contributed by atoms with Gasteiger partial charge in [0.15, 0.2) is 5.78 Å². The molecular formula is C17H24ClNO2. The molecule has 2 rings (SSSR count). The van der Waals surface area contributed by atoms with Crippen LogP contribution in [0.4, 0.5) is 0 Å². The topological polar surface area (TPSA) is 38.3 Å². The first-order valence-corrected chi connectivity index (χ1v) is 8.11. The van der Waals surface area contributed by atoms with E-state index in [9.17, 15) is 4.79 Å². The van der Waals surface area contributed by atoms with Crippen molar-refractivity contribution >= 4 is 17.4 Å². The summed E-state index contributed by atoms with van der Waals surface area (Å²) in [5, 5.41) is 3.94. The molecule has 3 nitrogen and oxygen atoms in total. The van der Waals surface area contributed by atoms with Gasteiger partial charge in [-0.25, -0.2) is 0 Å². The van der Waals surface area contributed by atoms with Gasteiger partial charge in [-0.3, -0.25) is 4.79 Å². The molecule has 0 radical (unpaired) electrons. The average Bonchev–Trinajstić information content (AvgIpc) is 2.49. The van der Waals surface area contributed by atoms with E-state index >= 15 is 0 Å². The van der Waals surface area contributed by atoms with Crippen molar-refractivity contribution < 1.29 is 9.53 Å². The molecule has 0 saturated carbocycles. The Labute approximate surface area is 132 Å². The zero-order chi connectivity index (χ0) is 15.4. The van der Waals surface area contributed by atoms with E-state index in [0.717, 1.165) is 49.2 Å². The summed E-state index contributed by atoms with van der Waals surface area (Å²) in [4.78, 5) is 12.9. The number of carbonyl (C=O) groups is 1. The number of aryl methyl sites for hydroxylation is 1. The second-order valence-corrected chi connectivity index (χ2v) is 6.15. The van der Waals surface area contributed by atoms with Crippen LogP contribution < -0.4 is 10.1 Å². The lowest BCUT2D eigenvalue weighted by atomic mass is 9.86. The number of Topliss-reactive ketones (excluding diaryl/α,β-unsaturated/α-hetero) is 1. The summed E-state index contributed by atoms with van der Waals surface area (Å²) in [6, 6.07) is 1.89. The Morgan fingerprint density at radius 1 is 1.38 bits per heavy atom. The number of ketones is 1. The monoisotopic (exact) mass is 309 g/mol. The van der Waals surface area contributed by atoms with Gasteiger partial charge in [0.1, 0.15) is 5.75 Å². The van der Waals surface area contributed by atoms with Crippen LogP contribution in [-0.4, -0.2) is 25.5 Å². The van der Waals surface area contributed by atoms with Crippen LogP contribution in [0.5, 0.6) is 5.75 Å². The molecule has 1 aromatic carbocycles. The first kappa shape index (κ1) is 16.3. The quantitative estimate of drug-likeness (QED) is 0.838. The third-order valence-electron chi connectivity index (χ3n) is 4.07. The lowest BCUT2D eigenvalue weighted by molar-refractivity contribution is 0.0890. The highest BCUT2D eigenvalue weighted by Gasteiger charge is 2.28. The summed E-state index contributed by atoms with van der Waals surface area (Å²) in [5.74, 6) is 0.986. The van der Waals surface area contributed by atoms with Gasteiger partial charge in [0.05, 0.1) is 12.2 Å². The fourth-order valence-electron chi connectivity index (χ4n) is 2.83. The Bertz CT molecular complexity index is 522. The van der Waals surface area contributed by atoms with Gasteiger partial charge >= 0.3 is 0 Å². The van der Waals surface area contributed by atoms with Crippen LogP contribution in [0.3, 0.4) is 0 Å². The molecule has 0 aromatic heterocycles. The van der Waals surface area contributed by atoms with E-state index in [1.54, 1.807) is 0 Å². The van der Waals surface area contributed by atoms with Crippen molar-refractivity contribution in [3.63, 3.8) is 0 Å².